The minimum atomic E-state index is 0.483. The Hall–Kier alpha value is -1.87. The molecule has 3 rings (SSSR count). The van der Waals surface area contributed by atoms with E-state index < -0.39 is 0 Å². The Labute approximate surface area is 145 Å². The fraction of sp³-hybridized carbons (Fsp3) is 0.476. The summed E-state index contributed by atoms with van der Waals surface area (Å²) in [5.74, 6) is 0.996. The monoisotopic (exact) mass is 324 g/mol. The fourth-order valence-electron chi connectivity index (χ4n) is 3.43. The topological polar surface area (TPSA) is 25.4 Å². The third-order valence-electron chi connectivity index (χ3n) is 4.73. The van der Waals surface area contributed by atoms with E-state index in [1.165, 1.54) is 36.8 Å². The summed E-state index contributed by atoms with van der Waals surface area (Å²) >= 11 is 0. The van der Waals surface area contributed by atoms with Crippen LogP contribution in [-0.4, -0.2) is 23.0 Å². The van der Waals surface area contributed by atoms with Crippen molar-refractivity contribution in [1.29, 1.82) is 0 Å². The summed E-state index contributed by atoms with van der Waals surface area (Å²) in [4.78, 5) is 6.90. The van der Waals surface area contributed by atoms with Gasteiger partial charge in [-0.1, -0.05) is 38.0 Å². The molecule has 1 aromatic carbocycles. The molecule has 0 saturated carbocycles. The van der Waals surface area contributed by atoms with Crippen molar-refractivity contribution in [2.24, 2.45) is 0 Å². The van der Waals surface area contributed by atoms with Gasteiger partial charge in [0.1, 0.15) is 5.75 Å². The molecular formula is C21H28N2O. The molecule has 3 heteroatoms. The molecule has 1 aliphatic rings. The summed E-state index contributed by atoms with van der Waals surface area (Å²) < 4.78 is 5.86. The van der Waals surface area contributed by atoms with Gasteiger partial charge in [-0.3, -0.25) is 9.88 Å². The molecule has 3 nitrogen and oxygen atoms in total. The van der Waals surface area contributed by atoms with Crippen molar-refractivity contribution in [3.63, 3.8) is 0 Å². The predicted octanol–water partition coefficient (Wildman–Crippen LogP) is 4.99. The van der Waals surface area contributed by atoms with Gasteiger partial charge in [-0.25, -0.2) is 0 Å². The molecule has 24 heavy (non-hydrogen) atoms. The van der Waals surface area contributed by atoms with E-state index in [0.717, 1.165) is 31.9 Å². The smallest absolute Gasteiger partial charge is 0.119 e. The zero-order chi connectivity index (χ0) is 16.6. The van der Waals surface area contributed by atoms with E-state index in [4.69, 9.17) is 4.74 Å². The van der Waals surface area contributed by atoms with Gasteiger partial charge in [0.15, 0.2) is 0 Å². The van der Waals surface area contributed by atoms with E-state index >= 15 is 0 Å². The third-order valence-corrected chi connectivity index (χ3v) is 4.73. The van der Waals surface area contributed by atoms with Crippen molar-refractivity contribution in [2.75, 3.05) is 13.2 Å². The Morgan fingerprint density at radius 3 is 3.00 bits per heavy atom. The number of likely N-dealkylation sites (tertiary alicyclic amines) is 1. The minimum Gasteiger partial charge on any atom is -0.494 e. The Bertz CT molecular complexity index is 614. The molecule has 1 saturated heterocycles. The molecule has 1 atom stereocenters. The molecule has 0 aliphatic carbocycles. The zero-order valence-corrected chi connectivity index (χ0v) is 14.7. The van der Waals surface area contributed by atoms with Gasteiger partial charge in [0, 0.05) is 25.0 Å². The minimum absolute atomic E-state index is 0.483. The summed E-state index contributed by atoms with van der Waals surface area (Å²) in [7, 11) is 0. The highest BCUT2D eigenvalue weighted by Crippen LogP contribution is 2.32. The first-order chi connectivity index (χ1) is 11.9. The van der Waals surface area contributed by atoms with Gasteiger partial charge >= 0.3 is 0 Å². The van der Waals surface area contributed by atoms with Crippen LogP contribution in [0.3, 0.4) is 0 Å². The first-order valence-corrected chi connectivity index (χ1v) is 9.22. The van der Waals surface area contributed by atoms with Crippen LogP contribution in [0, 0.1) is 0 Å². The molecule has 128 valence electrons. The molecule has 0 bridgehead atoms. The number of pyridine rings is 1. The van der Waals surface area contributed by atoms with Crippen LogP contribution in [0.2, 0.25) is 0 Å². The van der Waals surface area contributed by atoms with Crippen LogP contribution in [0.25, 0.3) is 0 Å². The highest BCUT2D eigenvalue weighted by atomic mass is 16.5. The van der Waals surface area contributed by atoms with E-state index in [1.54, 1.807) is 0 Å². The highest BCUT2D eigenvalue weighted by Gasteiger charge is 2.24. The summed E-state index contributed by atoms with van der Waals surface area (Å²) in [6, 6.07) is 13.3. The van der Waals surface area contributed by atoms with Crippen LogP contribution in [0.5, 0.6) is 5.75 Å². The number of nitrogens with zero attached hydrogens (tertiary/aromatic N) is 2. The third kappa shape index (κ3) is 4.57. The molecule has 2 aromatic rings. The molecule has 1 aromatic heterocycles. The molecule has 2 heterocycles. The molecular weight excluding hydrogens is 296 g/mol. The number of aromatic nitrogens is 1. The van der Waals surface area contributed by atoms with Crippen molar-refractivity contribution >= 4 is 0 Å². The highest BCUT2D eigenvalue weighted by molar-refractivity contribution is 5.29. The Balaban J connectivity index is 1.68. The standard InChI is InChI=1S/C21H28N2O/c1-2-3-14-24-20-10-6-8-18(15-20)17-23-13-5-4-11-21(23)19-9-7-12-22-16-19/h6-10,12,15-16,21H,2-5,11,13-14,17H2,1H3. The number of unbranched alkanes of at least 4 members (excludes halogenated alkanes) is 1. The van der Waals surface area contributed by atoms with E-state index in [0.29, 0.717) is 6.04 Å². The fourth-order valence-corrected chi connectivity index (χ4v) is 3.43. The van der Waals surface area contributed by atoms with Gasteiger partial charge < -0.3 is 4.74 Å². The SMILES string of the molecule is CCCCOc1cccc(CN2CCCCC2c2cccnc2)c1. The second kappa shape index (κ2) is 8.84. The van der Waals surface area contributed by atoms with Gasteiger partial charge in [-0.2, -0.15) is 0 Å². The van der Waals surface area contributed by atoms with E-state index in [1.807, 2.05) is 18.5 Å². The molecule has 1 unspecified atom stereocenters. The van der Waals surface area contributed by atoms with Crippen molar-refractivity contribution in [2.45, 2.75) is 51.6 Å². The Morgan fingerprint density at radius 2 is 2.17 bits per heavy atom. The summed E-state index contributed by atoms with van der Waals surface area (Å²) in [6.07, 6.45) is 9.96. The van der Waals surface area contributed by atoms with Crippen LogP contribution in [-0.2, 0) is 6.54 Å². The van der Waals surface area contributed by atoms with E-state index in [-0.39, 0.29) is 0 Å². The summed E-state index contributed by atoms with van der Waals surface area (Å²) in [6.45, 7) is 5.13. The van der Waals surface area contributed by atoms with Crippen molar-refractivity contribution in [1.82, 2.24) is 9.88 Å². The molecule has 1 aliphatic heterocycles. The second-order valence-electron chi connectivity index (χ2n) is 6.62. The average molecular weight is 324 g/mol. The van der Waals surface area contributed by atoms with Gasteiger partial charge in [-0.15, -0.1) is 0 Å². The predicted molar refractivity (Wildman–Crippen MR) is 98.1 cm³/mol. The van der Waals surface area contributed by atoms with Gasteiger partial charge in [0.25, 0.3) is 0 Å². The van der Waals surface area contributed by atoms with E-state index in [9.17, 15) is 0 Å². The lowest BCUT2D eigenvalue weighted by atomic mass is 9.96. The van der Waals surface area contributed by atoms with Crippen LogP contribution in [0.1, 0.15) is 56.2 Å². The van der Waals surface area contributed by atoms with Crippen molar-refractivity contribution in [3.05, 3.63) is 59.9 Å². The summed E-state index contributed by atoms with van der Waals surface area (Å²) in [5, 5.41) is 0. The first-order valence-electron chi connectivity index (χ1n) is 9.22. The van der Waals surface area contributed by atoms with Crippen LogP contribution in [0.4, 0.5) is 0 Å². The molecule has 0 radical (unpaired) electrons. The number of benzene rings is 1. The average Bonchev–Trinajstić information content (AvgIpc) is 2.64. The lowest BCUT2D eigenvalue weighted by Crippen LogP contribution is -2.32. The lowest BCUT2D eigenvalue weighted by molar-refractivity contribution is 0.140. The zero-order valence-electron chi connectivity index (χ0n) is 14.7. The molecule has 0 amide bonds. The van der Waals surface area contributed by atoms with E-state index in [2.05, 4.69) is 47.1 Å². The van der Waals surface area contributed by atoms with Crippen LogP contribution >= 0.6 is 0 Å². The number of hydrogen-bond donors (Lipinski definition) is 0. The number of piperidine rings is 1. The first kappa shape index (κ1) is 17.0. The number of rotatable bonds is 7. The van der Waals surface area contributed by atoms with Crippen LogP contribution in [0.15, 0.2) is 48.8 Å². The summed E-state index contributed by atoms with van der Waals surface area (Å²) in [5.41, 5.74) is 2.67. The Morgan fingerprint density at radius 1 is 1.21 bits per heavy atom. The van der Waals surface area contributed by atoms with Gasteiger partial charge in [0.05, 0.1) is 6.61 Å². The van der Waals surface area contributed by atoms with Crippen LogP contribution < -0.4 is 4.74 Å². The molecule has 0 N–H and O–H groups in total. The molecule has 1 fully saturated rings. The Kier molecular flexibility index (Phi) is 6.25. The molecule has 0 spiro atoms. The normalized spacial score (nSPS) is 18.5. The lowest BCUT2D eigenvalue weighted by Gasteiger charge is -2.36. The maximum atomic E-state index is 5.86. The second-order valence-corrected chi connectivity index (χ2v) is 6.62. The van der Waals surface area contributed by atoms with Gasteiger partial charge in [0.2, 0.25) is 0 Å². The van der Waals surface area contributed by atoms with Crippen molar-refractivity contribution in [3.8, 4) is 5.75 Å². The quantitative estimate of drug-likeness (QED) is 0.671. The maximum Gasteiger partial charge on any atom is 0.119 e. The number of ether oxygens (including phenoxy) is 1. The van der Waals surface area contributed by atoms with Crippen molar-refractivity contribution < 1.29 is 4.74 Å². The largest absolute Gasteiger partial charge is 0.494 e. The maximum absolute atomic E-state index is 5.86. The van der Waals surface area contributed by atoms with Gasteiger partial charge in [-0.05, 0) is 55.1 Å². The number of hydrogen-bond acceptors (Lipinski definition) is 3.